The van der Waals surface area contributed by atoms with Gasteiger partial charge in [0.15, 0.2) is 0 Å². The van der Waals surface area contributed by atoms with E-state index in [0.29, 0.717) is 17.3 Å². The van der Waals surface area contributed by atoms with Gasteiger partial charge in [0.2, 0.25) is 11.8 Å². The number of carbonyl (C=O) groups is 2. The van der Waals surface area contributed by atoms with Gasteiger partial charge in [-0.2, -0.15) is 0 Å². The maximum Gasteiger partial charge on any atom is 0.242 e. The number of nitrogens with zero attached hydrogens (tertiary/aromatic N) is 1. The molecule has 25 heavy (non-hydrogen) atoms. The largest absolute Gasteiger partial charge is 0.325 e. The normalized spacial score (nSPS) is 11.1. The number of rotatable bonds is 5. The highest BCUT2D eigenvalue weighted by Crippen LogP contribution is 2.27. The monoisotopic (exact) mass is 358 g/mol. The molecule has 0 saturated carbocycles. The Morgan fingerprint density at radius 1 is 1.12 bits per heavy atom. The molecule has 0 heterocycles. The van der Waals surface area contributed by atoms with E-state index in [4.69, 9.17) is 11.6 Å². The van der Waals surface area contributed by atoms with Crippen LogP contribution in [0.15, 0.2) is 48.5 Å². The zero-order chi connectivity index (χ0) is 18.6. The molecule has 0 spiro atoms. The average molecular weight is 359 g/mol. The predicted octanol–water partition coefficient (Wildman–Crippen LogP) is 4.67. The van der Waals surface area contributed by atoms with Gasteiger partial charge in [0.25, 0.3) is 0 Å². The minimum atomic E-state index is -1.22. The Bertz CT molecular complexity index is 773. The second-order valence-electron chi connectivity index (χ2n) is 6.42. The Hall–Kier alpha value is -2.33. The lowest BCUT2D eigenvalue weighted by molar-refractivity contribution is -0.136. The number of nitrogens with one attached hydrogen (secondary N) is 1. The molecule has 0 aromatic heterocycles. The van der Waals surface area contributed by atoms with Crippen molar-refractivity contribution >= 4 is 34.8 Å². The molecule has 0 aliphatic heterocycles. The smallest absolute Gasteiger partial charge is 0.242 e. The van der Waals surface area contributed by atoms with E-state index in [0.717, 1.165) is 11.3 Å². The van der Waals surface area contributed by atoms with Gasteiger partial charge >= 0.3 is 0 Å². The van der Waals surface area contributed by atoms with Crippen molar-refractivity contribution in [3.05, 3.63) is 59.1 Å². The molecule has 0 aliphatic carbocycles. The minimum absolute atomic E-state index is 0.251. The highest BCUT2D eigenvalue weighted by atomic mass is 35.5. The molecule has 132 valence electrons. The third-order valence-corrected chi connectivity index (χ3v) is 4.41. The summed E-state index contributed by atoms with van der Waals surface area (Å²) in [5.74, 6) is -0.615. The van der Waals surface area contributed by atoms with E-state index in [1.807, 2.05) is 50.2 Å². The van der Waals surface area contributed by atoms with Crippen molar-refractivity contribution in [1.29, 1.82) is 0 Å². The standard InChI is InChI=1S/C20H23ClN2O2/c1-5-23(16-9-7-6-8-10-16)19(25)20(3,4)18(24)22-17-13-15(21)12-11-14(17)2/h6-13H,5H2,1-4H3,(H,22,24). The van der Waals surface area contributed by atoms with Crippen molar-refractivity contribution in [2.24, 2.45) is 5.41 Å². The molecule has 1 N–H and O–H groups in total. The Morgan fingerprint density at radius 2 is 1.76 bits per heavy atom. The molecule has 2 aromatic carbocycles. The zero-order valence-corrected chi connectivity index (χ0v) is 15.7. The lowest BCUT2D eigenvalue weighted by Crippen LogP contribution is -2.47. The number of benzene rings is 2. The number of aryl methyl sites for hydroxylation is 1. The van der Waals surface area contributed by atoms with Crippen LogP contribution in [0.2, 0.25) is 5.02 Å². The van der Waals surface area contributed by atoms with Crippen molar-refractivity contribution in [3.63, 3.8) is 0 Å². The molecular weight excluding hydrogens is 336 g/mol. The van der Waals surface area contributed by atoms with Crippen LogP contribution in [0.4, 0.5) is 11.4 Å². The number of anilines is 2. The van der Waals surface area contributed by atoms with Gasteiger partial charge < -0.3 is 10.2 Å². The fourth-order valence-electron chi connectivity index (χ4n) is 2.49. The van der Waals surface area contributed by atoms with Gasteiger partial charge in [-0.05, 0) is 57.5 Å². The topological polar surface area (TPSA) is 49.4 Å². The Balaban J connectivity index is 2.25. The van der Waals surface area contributed by atoms with Gasteiger partial charge in [0.05, 0.1) is 0 Å². The molecule has 0 radical (unpaired) electrons. The Morgan fingerprint density at radius 3 is 2.36 bits per heavy atom. The molecule has 5 heteroatoms. The second-order valence-corrected chi connectivity index (χ2v) is 6.86. The lowest BCUT2D eigenvalue weighted by Gasteiger charge is -2.30. The number of para-hydroxylation sites is 1. The van der Waals surface area contributed by atoms with E-state index in [1.54, 1.807) is 30.9 Å². The number of carbonyl (C=O) groups excluding carboxylic acids is 2. The van der Waals surface area contributed by atoms with Crippen LogP contribution in [-0.4, -0.2) is 18.4 Å². The first kappa shape index (κ1) is 19.0. The third-order valence-electron chi connectivity index (χ3n) is 4.18. The highest BCUT2D eigenvalue weighted by Gasteiger charge is 2.39. The summed E-state index contributed by atoms with van der Waals surface area (Å²) >= 11 is 6.00. The first-order valence-electron chi connectivity index (χ1n) is 8.22. The average Bonchev–Trinajstić information content (AvgIpc) is 2.59. The van der Waals surface area contributed by atoms with E-state index in [9.17, 15) is 9.59 Å². The maximum absolute atomic E-state index is 13.0. The van der Waals surface area contributed by atoms with Crippen LogP contribution in [0.1, 0.15) is 26.3 Å². The van der Waals surface area contributed by atoms with Crippen LogP contribution in [-0.2, 0) is 9.59 Å². The second kappa shape index (κ2) is 7.70. The van der Waals surface area contributed by atoms with Crippen molar-refractivity contribution in [2.45, 2.75) is 27.7 Å². The van der Waals surface area contributed by atoms with Crippen LogP contribution < -0.4 is 10.2 Å². The fourth-order valence-corrected chi connectivity index (χ4v) is 2.67. The summed E-state index contributed by atoms with van der Waals surface area (Å²) in [5.41, 5.74) is 1.05. The van der Waals surface area contributed by atoms with Gasteiger partial charge in [-0.15, -0.1) is 0 Å². The molecule has 2 aromatic rings. The molecule has 0 bridgehead atoms. The molecule has 0 aliphatic rings. The lowest BCUT2D eigenvalue weighted by atomic mass is 9.89. The molecule has 0 saturated heterocycles. The van der Waals surface area contributed by atoms with Crippen LogP contribution in [0.3, 0.4) is 0 Å². The van der Waals surface area contributed by atoms with Gasteiger partial charge in [0, 0.05) is 22.9 Å². The Labute approximate surface area is 153 Å². The quantitative estimate of drug-likeness (QED) is 0.790. The van der Waals surface area contributed by atoms with E-state index < -0.39 is 5.41 Å². The number of hydrogen-bond donors (Lipinski definition) is 1. The van der Waals surface area contributed by atoms with Crippen LogP contribution in [0, 0.1) is 12.3 Å². The van der Waals surface area contributed by atoms with Crippen LogP contribution in [0.25, 0.3) is 0 Å². The van der Waals surface area contributed by atoms with Gasteiger partial charge in [-0.25, -0.2) is 0 Å². The minimum Gasteiger partial charge on any atom is -0.325 e. The van der Waals surface area contributed by atoms with Gasteiger partial charge in [-0.1, -0.05) is 35.9 Å². The summed E-state index contributed by atoms with van der Waals surface area (Å²) in [4.78, 5) is 27.4. The van der Waals surface area contributed by atoms with Gasteiger partial charge in [-0.3, -0.25) is 9.59 Å². The van der Waals surface area contributed by atoms with Crippen molar-refractivity contribution in [3.8, 4) is 0 Å². The van der Waals surface area contributed by atoms with E-state index in [2.05, 4.69) is 5.32 Å². The third kappa shape index (κ3) is 4.20. The van der Waals surface area contributed by atoms with Crippen molar-refractivity contribution in [2.75, 3.05) is 16.8 Å². The van der Waals surface area contributed by atoms with Crippen LogP contribution in [0.5, 0.6) is 0 Å². The molecule has 4 nitrogen and oxygen atoms in total. The maximum atomic E-state index is 13.0. The predicted molar refractivity (Wildman–Crippen MR) is 103 cm³/mol. The van der Waals surface area contributed by atoms with E-state index in [-0.39, 0.29) is 11.8 Å². The number of amides is 2. The highest BCUT2D eigenvalue weighted by molar-refractivity contribution is 6.31. The molecule has 0 fully saturated rings. The molecule has 0 unspecified atom stereocenters. The van der Waals surface area contributed by atoms with E-state index in [1.165, 1.54) is 0 Å². The summed E-state index contributed by atoms with van der Waals surface area (Å²) in [6.07, 6.45) is 0. The molecule has 2 rings (SSSR count). The number of hydrogen-bond acceptors (Lipinski definition) is 2. The SMILES string of the molecule is CCN(C(=O)C(C)(C)C(=O)Nc1cc(Cl)ccc1C)c1ccccc1. The fraction of sp³-hybridized carbons (Fsp3) is 0.300. The molecule has 0 atom stereocenters. The summed E-state index contributed by atoms with van der Waals surface area (Å²) in [7, 11) is 0. The Kier molecular flexibility index (Phi) is 5.85. The van der Waals surface area contributed by atoms with Crippen LogP contribution >= 0.6 is 11.6 Å². The zero-order valence-electron chi connectivity index (χ0n) is 15.0. The van der Waals surface area contributed by atoms with Crippen molar-refractivity contribution < 1.29 is 9.59 Å². The summed E-state index contributed by atoms with van der Waals surface area (Å²) < 4.78 is 0. The number of halogens is 1. The van der Waals surface area contributed by atoms with Gasteiger partial charge in [0.1, 0.15) is 5.41 Å². The van der Waals surface area contributed by atoms with Crippen molar-refractivity contribution in [1.82, 2.24) is 0 Å². The van der Waals surface area contributed by atoms with E-state index >= 15 is 0 Å². The summed E-state index contributed by atoms with van der Waals surface area (Å²) in [6.45, 7) is 7.52. The first-order chi connectivity index (χ1) is 11.8. The summed E-state index contributed by atoms with van der Waals surface area (Å²) in [6, 6.07) is 14.6. The first-order valence-corrected chi connectivity index (χ1v) is 8.59. The summed E-state index contributed by atoms with van der Waals surface area (Å²) in [5, 5.41) is 3.36. The molecular formula is C20H23ClN2O2. The molecule has 2 amide bonds.